The van der Waals surface area contributed by atoms with Crippen molar-refractivity contribution < 1.29 is 17.6 Å². The Hall–Kier alpha value is -3.33. The van der Waals surface area contributed by atoms with Crippen LogP contribution in [0.15, 0.2) is 54.7 Å². The first kappa shape index (κ1) is 18.5. The molecule has 0 saturated carbocycles. The first-order valence-corrected chi connectivity index (χ1v) is 7.75. The molecule has 5 nitrogen and oxygen atoms in total. The number of benzene rings is 2. The highest BCUT2D eigenvalue weighted by Gasteiger charge is 2.29. The van der Waals surface area contributed by atoms with Crippen LogP contribution in [0.3, 0.4) is 0 Å². The van der Waals surface area contributed by atoms with E-state index in [9.17, 15) is 17.6 Å². The van der Waals surface area contributed by atoms with E-state index in [1.54, 1.807) is 12.1 Å². The lowest BCUT2D eigenvalue weighted by Crippen LogP contribution is -2.11. The minimum atomic E-state index is -4.41. The molecule has 0 bridgehead atoms. The Morgan fingerprint density at radius 3 is 2.30 bits per heavy atom. The molecule has 3 aromatic rings. The van der Waals surface area contributed by atoms with Crippen molar-refractivity contribution in [1.82, 2.24) is 4.98 Å². The van der Waals surface area contributed by atoms with Crippen LogP contribution in [0.4, 0.5) is 40.4 Å². The second kappa shape index (κ2) is 7.12. The maximum atomic E-state index is 14.1. The van der Waals surface area contributed by atoms with Crippen molar-refractivity contribution in [2.45, 2.75) is 6.18 Å². The summed E-state index contributed by atoms with van der Waals surface area (Å²) in [6.07, 6.45) is -2.91. The van der Waals surface area contributed by atoms with Gasteiger partial charge in [0, 0.05) is 17.4 Å². The van der Waals surface area contributed by atoms with Gasteiger partial charge < -0.3 is 16.5 Å². The van der Waals surface area contributed by atoms with Crippen molar-refractivity contribution in [1.29, 1.82) is 0 Å². The molecule has 9 heteroatoms. The quantitative estimate of drug-likeness (QED) is 0.232. The molecule has 0 amide bonds. The fraction of sp³-hybridized carbons (Fsp3) is 0.0556. The van der Waals surface area contributed by atoms with Crippen LogP contribution in [0.2, 0.25) is 0 Å². The van der Waals surface area contributed by atoms with Gasteiger partial charge in [0.2, 0.25) is 0 Å². The molecule has 140 valence electrons. The zero-order valence-electron chi connectivity index (χ0n) is 13.8. The van der Waals surface area contributed by atoms with E-state index in [1.807, 2.05) is 0 Å². The molecular weight excluding hydrogens is 362 g/mol. The van der Waals surface area contributed by atoms with E-state index in [1.165, 1.54) is 30.5 Å². The molecule has 3 rings (SSSR count). The number of nitrogens with two attached hydrogens (primary N) is 2. The van der Waals surface area contributed by atoms with Crippen LogP contribution in [0.25, 0.3) is 11.1 Å². The molecule has 1 heterocycles. The Morgan fingerprint density at radius 2 is 1.70 bits per heavy atom. The normalized spacial score (nSPS) is 11.3. The van der Waals surface area contributed by atoms with E-state index in [4.69, 9.17) is 11.6 Å². The van der Waals surface area contributed by atoms with Gasteiger partial charge in [-0.2, -0.15) is 13.2 Å². The number of alkyl halides is 3. The highest BCUT2D eigenvalue weighted by Crippen LogP contribution is 2.34. The Bertz CT molecular complexity index is 932. The molecule has 0 radical (unpaired) electrons. The molecule has 0 aliphatic rings. The zero-order chi connectivity index (χ0) is 19.6. The number of hydrazine groups is 1. The molecule has 27 heavy (non-hydrogen) atoms. The molecule has 0 atom stereocenters. The van der Waals surface area contributed by atoms with Crippen LogP contribution < -0.4 is 22.3 Å². The monoisotopic (exact) mass is 377 g/mol. The maximum absolute atomic E-state index is 14.1. The number of aromatic nitrogens is 1. The van der Waals surface area contributed by atoms with Crippen LogP contribution in [-0.2, 0) is 6.18 Å². The van der Waals surface area contributed by atoms with Crippen molar-refractivity contribution in [3.05, 3.63) is 66.1 Å². The molecule has 2 aromatic carbocycles. The van der Waals surface area contributed by atoms with Crippen LogP contribution in [0, 0.1) is 5.82 Å². The largest absolute Gasteiger partial charge is 0.416 e. The Labute approximate surface area is 152 Å². The van der Waals surface area contributed by atoms with E-state index < -0.39 is 17.6 Å². The molecule has 0 aliphatic heterocycles. The highest BCUT2D eigenvalue weighted by atomic mass is 19.4. The zero-order valence-corrected chi connectivity index (χ0v) is 13.8. The van der Waals surface area contributed by atoms with Gasteiger partial charge in [0.1, 0.15) is 17.3 Å². The number of nitrogens with one attached hydrogen (secondary N) is 2. The van der Waals surface area contributed by atoms with E-state index >= 15 is 0 Å². The lowest BCUT2D eigenvalue weighted by atomic mass is 10.0. The second-order valence-corrected chi connectivity index (χ2v) is 5.67. The van der Waals surface area contributed by atoms with Gasteiger partial charge in [-0.15, -0.1) is 0 Å². The molecule has 0 saturated heterocycles. The van der Waals surface area contributed by atoms with E-state index in [-0.39, 0.29) is 11.4 Å². The van der Waals surface area contributed by atoms with E-state index in [2.05, 4.69) is 15.7 Å². The summed E-state index contributed by atoms with van der Waals surface area (Å²) < 4.78 is 52.2. The highest BCUT2D eigenvalue weighted by molar-refractivity contribution is 5.83. The predicted octanol–water partition coefficient (Wildman–Crippen LogP) is 4.52. The van der Waals surface area contributed by atoms with E-state index in [0.717, 1.165) is 12.1 Å². The van der Waals surface area contributed by atoms with Crippen molar-refractivity contribution >= 4 is 22.9 Å². The first-order valence-electron chi connectivity index (χ1n) is 7.75. The van der Waals surface area contributed by atoms with Crippen LogP contribution in [-0.4, -0.2) is 4.98 Å². The summed E-state index contributed by atoms with van der Waals surface area (Å²) in [5.41, 5.74) is 8.67. The van der Waals surface area contributed by atoms with Crippen molar-refractivity contribution in [2.24, 2.45) is 5.84 Å². The van der Waals surface area contributed by atoms with Crippen molar-refractivity contribution in [3.8, 4) is 11.1 Å². The smallest absolute Gasteiger partial charge is 0.397 e. The molecule has 0 aliphatic carbocycles. The number of anilines is 4. The third kappa shape index (κ3) is 3.93. The predicted molar refractivity (Wildman–Crippen MR) is 96.6 cm³/mol. The summed E-state index contributed by atoms with van der Waals surface area (Å²) >= 11 is 0. The summed E-state index contributed by atoms with van der Waals surface area (Å²) in [5.74, 6) is 4.94. The summed E-state index contributed by atoms with van der Waals surface area (Å²) in [7, 11) is 0. The van der Waals surface area contributed by atoms with Gasteiger partial charge in [0.15, 0.2) is 0 Å². The first-order chi connectivity index (χ1) is 12.8. The van der Waals surface area contributed by atoms with Crippen molar-refractivity contribution in [2.75, 3.05) is 16.5 Å². The van der Waals surface area contributed by atoms with Crippen LogP contribution >= 0.6 is 0 Å². The molecule has 0 spiro atoms. The fourth-order valence-electron chi connectivity index (χ4n) is 2.55. The van der Waals surface area contributed by atoms with Gasteiger partial charge in [0.05, 0.1) is 11.3 Å². The minimum Gasteiger partial charge on any atom is -0.397 e. The number of halogens is 4. The standard InChI is InChI=1S/C18H15F4N5/c19-14-8-10(9-15(23)16(14)27-24)13-2-1-7-25-17(13)26-12-5-3-11(4-6-12)18(20,21)22/h1-9,27H,23-24H2,(H,25,26). The molecular formula is C18H15F4N5. The average molecular weight is 377 g/mol. The topological polar surface area (TPSA) is 89.0 Å². The van der Waals surface area contributed by atoms with Gasteiger partial charge >= 0.3 is 6.18 Å². The number of nitrogen functional groups attached to an aromatic ring is 2. The van der Waals surface area contributed by atoms with Crippen LogP contribution in [0.1, 0.15) is 5.56 Å². The minimum absolute atomic E-state index is 0.0279. The number of hydrogen-bond acceptors (Lipinski definition) is 5. The lowest BCUT2D eigenvalue weighted by Gasteiger charge is -2.14. The summed E-state index contributed by atoms with van der Waals surface area (Å²) in [4.78, 5) is 4.19. The number of nitrogens with zero attached hydrogens (tertiary/aromatic N) is 1. The Morgan fingerprint density at radius 1 is 1.00 bits per heavy atom. The van der Waals surface area contributed by atoms with Crippen LogP contribution in [0.5, 0.6) is 0 Å². The lowest BCUT2D eigenvalue weighted by molar-refractivity contribution is -0.137. The third-order valence-corrected chi connectivity index (χ3v) is 3.86. The average Bonchev–Trinajstić information content (AvgIpc) is 2.61. The summed E-state index contributed by atoms with van der Waals surface area (Å²) in [6, 6.07) is 10.6. The Balaban J connectivity index is 1.96. The molecule has 1 aromatic heterocycles. The number of hydrogen-bond donors (Lipinski definition) is 4. The van der Waals surface area contributed by atoms with E-state index in [0.29, 0.717) is 22.6 Å². The third-order valence-electron chi connectivity index (χ3n) is 3.86. The van der Waals surface area contributed by atoms with Gasteiger partial charge in [-0.25, -0.2) is 9.37 Å². The Kier molecular flexibility index (Phi) is 4.87. The van der Waals surface area contributed by atoms with Gasteiger partial charge in [0.25, 0.3) is 0 Å². The fourth-order valence-corrected chi connectivity index (χ4v) is 2.55. The van der Waals surface area contributed by atoms with Gasteiger partial charge in [-0.1, -0.05) is 0 Å². The summed E-state index contributed by atoms with van der Waals surface area (Å²) in [6.45, 7) is 0. The molecule has 0 unspecified atom stereocenters. The number of pyridine rings is 1. The van der Waals surface area contributed by atoms with Gasteiger partial charge in [-0.05, 0) is 54.1 Å². The van der Waals surface area contributed by atoms with Crippen molar-refractivity contribution in [3.63, 3.8) is 0 Å². The molecule has 0 fully saturated rings. The van der Waals surface area contributed by atoms with Gasteiger partial charge in [-0.3, -0.25) is 5.84 Å². The maximum Gasteiger partial charge on any atom is 0.416 e. The second-order valence-electron chi connectivity index (χ2n) is 5.67. The summed E-state index contributed by atoms with van der Waals surface area (Å²) in [5, 5.41) is 2.94. The SMILES string of the molecule is NNc1c(N)cc(-c2cccnc2Nc2ccc(C(F)(F)F)cc2)cc1F. The molecule has 6 N–H and O–H groups in total. The number of rotatable bonds is 4.